The quantitative estimate of drug-likeness (QED) is 0.704. The molecule has 7 nitrogen and oxygen atoms in total. The number of aryl methyl sites for hydroxylation is 1. The minimum atomic E-state index is -0.221. The van der Waals surface area contributed by atoms with Crippen molar-refractivity contribution in [2.75, 3.05) is 32.1 Å². The SMILES string of the molecule is CCOc1ccc(CNC(=O)C2CCCN(C(=O)Nc3cccc(C)c3)C2)cc1OC. The van der Waals surface area contributed by atoms with Crippen LogP contribution in [0.2, 0.25) is 0 Å². The molecule has 0 aliphatic carbocycles. The zero-order valence-corrected chi connectivity index (χ0v) is 18.4. The Morgan fingerprint density at radius 1 is 1.16 bits per heavy atom. The van der Waals surface area contributed by atoms with E-state index in [1.807, 2.05) is 56.3 Å². The minimum Gasteiger partial charge on any atom is -0.493 e. The molecule has 1 unspecified atom stereocenters. The summed E-state index contributed by atoms with van der Waals surface area (Å²) in [7, 11) is 1.60. The number of nitrogens with one attached hydrogen (secondary N) is 2. The molecule has 1 aliphatic heterocycles. The van der Waals surface area contributed by atoms with E-state index in [4.69, 9.17) is 9.47 Å². The van der Waals surface area contributed by atoms with Crippen LogP contribution in [0.25, 0.3) is 0 Å². The van der Waals surface area contributed by atoms with Crippen molar-refractivity contribution in [3.8, 4) is 11.5 Å². The summed E-state index contributed by atoms with van der Waals surface area (Å²) in [6, 6.07) is 13.1. The first kappa shape index (κ1) is 22.5. The van der Waals surface area contributed by atoms with Gasteiger partial charge in [0.05, 0.1) is 19.6 Å². The van der Waals surface area contributed by atoms with Crippen molar-refractivity contribution in [3.05, 3.63) is 53.6 Å². The summed E-state index contributed by atoms with van der Waals surface area (Å²) in [5, 5.41) is 5.92. The summed E-state index contributed by atoms with van der Waals surface area (Å²) in [6.07, 6.45) is 1.57. The fraction of sp³-hybridized carbons (Fsp3) is 0.417. The van der Waals surface area contributed by atoms with Crippen molar-refractivity contribution in [1.82, 2.24) is 10.2 Å². The lowest BCUT2D eigenvalue weighted by molar-refractivity contribution is -0.126. The van der Waals surface area contributed by atoms with Gasteiger partial charge in [0.2, 0.25) is 5.91 Å². The molecular formula is C24H31N3O4. The van der Waals surface area contributed by atoms with Crippen molar-refractivity contribution in [2.24, 2.45) is 5.92 Å². The minimum absolute atomic E-state index is 0.0408. The molecule has 0 saturated carbocycles. The Morgan fingerprint density at radius 2 is 2.00 bits per heavy atom. The van der Waals surface area contributed by atoms with Gasteiger partial charge in [0, 0.05) is 25.3 Å². The Bertz CT molecular complexity index is 915. The molecule has 0 spiro atoms. The van der Waals surface area contributed by atoms with E-state index in [0.29, 0.717) is 37.7 Å². The highest BCUT2D eigenvalue weighted by Crippen LogP contribution is 2.28. The Labute approximate surface area is 183 Å². The van der Waals surface area contributed by atoms with Crippen molar-refractivity contribution < 1.29 is 19.1 Å². The van der Waals surface area contributed by atoms with Crippen molar-refractivity contribution in [3.63, 3.8) is 0 Å². The molecule has 1 heterocycles. The Kier molecular flexibility index (Phi) is 7.76. The van der Waals surface area contributed by atoms with Crippen molar-refractivity contribution >= 4 is 17.6 Å². The fourth-order valence-electron chi connectivity index (χ4n) is 3.73. The van der Waals surface area contributed by atoms with Crippen LogP contribution >= 0.6 is 0 Å². The molecule has 1 fully saturated rings. The maximum Gasteiger partial charge on any atom is 0.321 e. The van der Waals surface area contributed by atoms with Crippen LogP contribution in [0.15, 0.2) is 42.5 Å². The summed E-state index contributed by atoms with van der Waals surface area (Å²) in [4.78, 5) is 27.1. The number of rotatable bonds is 7. The average molecular weight is 426 g/mol. The number of carbonyl (C=O) groups excluding carboxylic acids is 2. The molecule has 0 bridgehead atoms. The number of likely N-dealkylation sites (tertiary alicyclic amines) is 1. The lowest BCUT2D eigenvalue weighted by Gasteiger charge is -2.32. The van der Waals surface area contributed by atoms with Crippen LogP contribution in [0.3, 0.4) is 0 Å². The van der Waals surface area contributed by atoms with Gasteiger partial charge in [-0.05, 0) is 62.1 Å². The van der Waals surface area contributed by atoms with E-state index in [0.717, 1.165) is 29.7 Å². The number of nitrogens with zero attached hydrogens (tertiary/aromatic N) is 1. The van der Waals surface area contributed by atoms with Crippen LogP contribution in [-0.2, 0) is 11.3 Å². The van der Waals surface area contributed by atoms with E-state index >= 15 is 0 Å². The number of ether oxygens (including phenoxy) is 2. The van der Waals surface area contributed by atoms with Gasteiger partial charge in [0.25, 0.3) is 0 Å². The van der Waals surface area contributed by atoms with Gasteiger partial charge in [-0.1, -0.05) is 18.2 Å². The summed E-state index contributed by atoms with van der Waals surface area (Å²) in [5.41, 5.74) is 2.78. The number of piperidine rings is 1. The maximum atomic E-state index is 12.7. The monoisotopic (exact) mass is 425 g/mol. The highest BCUT2D eigenvalue weighted by atomic mass is 16.5. The standard InChI is InChI=1S/C24H31N3O4/c1-4-31-21-11-10-18(14-22(21)30-3)15-25-23(28)19-8-6-12-27(16-19)24(29)26-20-9-5-7-17(2)13-20/h5,7,9-11,13-14,19H,4,6,8,12,15-16H2,1-3H3,(H,25,28)(H,26,29). The second-order valence-corrected chi connectivity index (χ2v) is 7.72. The number of hydrogen-bond acceptors (Lipinski definition) is 4. The third kappa shape index (κ3) is 6.13. The molecule has 1 aliphatic rings. The number of anilines is 1. The predicted octanol–water partition coefficient (Wildman–Crippen LogP) is 3.96. The number of amides is 3. The maximum absolute atomic E-state index is 12.7. The van der Waals surface area contributed by atoms with Gasteiger partial charge in [-0.25, -0.2) is 4.79 Å². The number of benzene rings is 2. The largest absolute Gasteiger partial charge is 0.493 e. The zero-order chi connectivity index (χ0) is 22.2. The van der Waals surface area contributed by atoms with Gasteiger partial charge < -0.3 is 25.0 Å². The van der Waals surface area contributed by atoms with Crippen molar-refractivity contribution in [1.29, 1.82) is 0 Å². The predicted molar refractivity (Wildman–Crippen MR) is 121 cm³/mol. The van der Waals surface area contributed by atoms with Gasteiger partial charge in [0.1, 0.15) is 0 Å². The topological polar surface area (TPSA) is 79.9 Å². The number of carbonyl (C=O) groups is 2. The normalized spacial score (nSPS) is 15.8. The van der Waals surface area contributed by atoms with Crippen LogP contribution in [0.1, 0.15) is 30.9 Å². The van der Waals surface area contributed by atoms with Crippen LogP contribution < -0.4 is 20.1 Å². The molecule has 1 atom stereocenters. The van der Waals surface area contributed by atoms with Gasteiger partial charge in [-0.3, -0.25) is 4.79 Å². The first-order chi connectivity index (χ1) is 15.0. The molecule has 2 N–H and O–H groups in total. The number of methoxy groups -OCH3 is 1. The van der Waals surface area contributed by atoms with Crippen LogP contribution in [0, 0.1) is 12.8 Å². The van der Waals surface area contributed by atoms with E-state index < -0.39 is 0 Å². The summed E-state index contributed by atoms with van der Waals surface area (Å²) in [6.45, 7) is 5.92. The van der Waals surface area contributed by atoms with Crippen LogP contribution in [-0.4, -0.2) is 43.6 Å². The molecule has 2 aromatic rings. The molecule has 0 aromatic heterocycles. The molecule has 166 valence electrons. The highest BCUT2D eigenvalue weighted by Gasteiger charge is 2.28. The molecular weight excluding hydrogens is 394 g/mol. The lowest BCUT2D eigenvalue weighted by atomic mass is 9.97. The van der Waals surface area contributed by atoms with E-state index in [1.54, 1.807) is 12.0 Å². The first-order valence-corrected chi connectivity index (χ1v) is 10.7. The summed E-state index contributed by atoms with van der Waals surface area (Å²) >= 11 is 0. The molecule has 3 amide bonds. The van der Waals surface area contributed by atoms with Gasteiger partial charge >= 0.3 is 6.03 Å². The Hall–Kier alpha value is -3.22. The molecule has 1 saturated heterocycles. The van der Waals surface area contributed by atoms with E-state index in [-0.39, 0.29) is 17.9 Å². The first-order valence-electron chi connectivity index (χ1n) is 10.7. The van der Waals surface area contributed by atoms with Gasteiger partial charge in [-0.2, -0.15) is 0 Å². The summed E-state index contributed by atoms with van der Waals surface area (Å²) in [5.74, 6) is 1.07. The molecule has 31 heavy (non-hydrogen) atoms. The number of hydrogen-bond donors (Lipinski definition) is 2. The van der Waals surface area contributed by atoms with Gasteiger partial charge in [-0.15, -0.1) is 0 Å². The molecule has 3 rings (SSSR count). The second-order valence-electron chi connectivity index (χ2n) is 7.72. The van der Waals surface area contributed by atoms with Gasteiger partial charge in [0.15, 0.2) is 11.5 Å². The second kappa shape index (κ2) is 10.7. The fourth-order valence-corrected chi connectivity index (χ4v) is 3.73. The third-order valence-electron chi connectivity index (χ3n) is 5.34. The van der Waals surface area contributed by atoms with Crippen LogP contribution in [0.4, 0.5) is 10.5 Å². The Balaban J connectivity index is 1.54. The molecule has 7 heteroatoms. The lowest BCUT2D eigenvalue weighted by Crippen LogP contribution is -2.46. The highest BCUT2D eigenvalue weighted by molar-refractivity contribution is 5.90. The van der Waals surface area contributed by atoms with E-state index in [1.165, 1.54) is 0 Å². The smallest absolute Gasteiger partial charge is 0.321 e. The molecule has 2 aromatic carbocycles. The zero-order valence-electron chi connectivity index (χ0n) is 18.4. The van der Waals surface area contributed by atoms with Crippen molar-refractivity contribution in [2.45, 2.75) is 33.2 Å². The summed E-state index contributed by atoms with van der Waals surface area (Å²) < 4.78 is 10.9. The average Bonchev–Trinajstić information content (AvgIpc) is 2.78. The van der Waals surface area contributed by atoms with Crippen LogP contribution in [0.5, 0.6) is 11.5 Å². The Morgan fingerprint density at radius 3 is 2.74 bits per heavy atom. The number of urea groups is 1. The van der Waals surface area contributed by atoms with E-state index in [2.05, 4.69) is 10.6 Å². The third-order valence-corrected chi connectivity index (χ3v) is 5.34. The molecule has 0 radical (unpaired) electrons. The van der Waals surface area contributed by atoms with E-state index in [9.17, 15) is 9.59 Å².